The summed E-state index contributed by atoms with van der Waals surface area (Å²) in [6.45, 7) is 2.90. The molecule has 0 radical (unpaired) electrons. The number of thioether (sulfide) groups is 1. The fourth-order valence-electron chi connectivity index (χ4n) is 4.70. The summed E-state index contributed by atoms with van der Waals surface area (Å²) in [5.41, 5.74) is 3.69. The maximum atomic E-state index is 13.1. The lowest BCUT2D eigenvalue weighted by Gasteiger charge is -2.29. The van der Waals surface area contributed by atoms with E-state index in [1.54, 1.807) is 36.1 Å². The first kappa shape index (κ1) is 29.2. The minimum absolute atomic E-state index is 0.120. The van der Waals surface area contributed by atoms with Gasteiger partial charge in [-0.1, -0.05) is 48.0 Å². The van der Waals surface area contributed by atoms with Crippen molar-refractivity contribution in [3.63, 3.8) is 0 Å². The fraction of sp³-hybridized carbons (Fsp3) is 0.226. The van der Waals surface area contributed by atoms with Crippen LogP contribution in [0.25, 0.3) is 6.08 Å². The van der Waals surface area contributed by atoms with E-state index in [2.05, 4.69) is 0 Å². The van der Waals surface area contributed by atoms with Gasteiger partial charge in [0.2, 0.25) is 5.91 Å². The molecule has 2 aliphatic rings. The number of rotatable bonds is 9. The van der Waals surface area contributed by atoms with Crippen LogP contribution in [-0.2, 0) is 29.2 Å². The van der Waals surface area contributed by atoms with E-state index in [0.717, 1.165) is 34.2 Å². The number of carbonyl (C=O) groups is 4. The van der Waals surface area contributed by atoms with E-state index in [0.29, 0.717) is 36.8 Å². The van der Waals surface area contributed by atoms with Gasteiger partial charge in [0.1, 0.15) is 13.2 Å². The van der Waals surface area contributed by atoms with Crippen LogP contribution in [-0.4, -0.2) is 57.6 Å². The number of hydrogen-bond donors (Lipinski definition) is 1. The molecule has 3 amide bonds. The van der Waals surface area contributed by atoms with Crippen LogP contribution in [0.1, 0.15) is 39.5 Å². The zero-order valence-corrected chi connectivity index (χ0v) is 24.2. The van der Waals surface area contributed by atoms with E-state index in [1.807, 2.05) is 24.3 Å². The maximum absolute atomic E-state index is 13.1. The number of aromatic carboxylic acids is 1. The van der Waals surface area contributed by atoms with Gasteiger partial charge in [-0.05, 0) is 77.7 Å². The summed E-state index contributed by atoms with van der Waals surface area (Å²) in [6, 6.07) is 17.4. The van der Waals surface area contributed by atoms with E-state index in [-0.39, 0.29) is 34.6 Å². The van der Waals surface area contributed by atoms with Crippen molar-refractivity contribution in [1.29, 1.82) is 0 Å². The van der Waals surface area contributed by atoms with Crippen molar-refractivity contribution in [2.24, 2.45) is 0 Å². The molecule has 0 aromatic heterocycles. The number of amides is 3. The average molecular weight is 607 g/mol. The molecule has 0 unspecified atom stereocenters. The molecule has 9 nitrogen and oxygen atoms in total. The first-order chi connectivity index (χ1) is 20.2. The van der Waals surface area contributed by atoms with E-state index in [1.165, 1.54) is 23.8 Å². The number of ether oxygens (including phenoxy) is 2. The van der Waals surface area contributed by atoms with Crippen LogP contribution >= 0.6 is 23.4 Å². The SMILES string of the molecule is CCOc1cc(/C=C2\SC(=O)N(CC(=O)N3CCc4ccccc4C3)C2=O)cc(Cl)c1OCc1ccc(C(=O)O)cc1. The Morgan fingerprint density at radius 3 is 2.50 bits per heavy atom. The first-order valence-corrected chi connectivity index (χ1v) is 14.4. The van der Waals surface area contributed by atoms with Crippen molar-refractivity contribution >= 4 is 52.5 Å². The lowest BCUT2D eigenvalue weighted by Crippen LogP contribution is -2.44. The highest BCUT2D eigenvalue weighted by atomic mass is 35.5. The number of fused-ring (bicyclic) bond motifs is 1. The van der Waals surface area contributed by atoms with Gasteiger partial charge in [-0.2, -0.15) is 0 Å². The number of benzene rings is 3. The smallest absolute Gasteiger partial charge is 0.335 e. The lowest BCUT2D eigenvalue weighted by molar-refractivity contribution is -0.136. The third kappa shape index (κ3) is 6.45. The molecule has 2 aliphatic heterocycles. The molecule has 1 N–H and O–H groups in total. The van der Waals surface area contributed by atoms with Gasteiger partial charge in [-0.3, -0.25) is 19.3 Å². The molecule has 2 heterocycles. The van der Waals surface area contributed by atoms with Crippen molar-refractivity contribution in [1.82, 2.24) is 9.80 Å². The lowest BCUT2D eigenvalue weighted by atomic mass is 10.00. The van der Waals surface area contributed by atoms with Crippen LogP contribution in [0.4, 0.5) is 4.79 Å². The molecule has 11 heteroatoms. The molecular weight excluding hydrogens is 580 g/mol. The minimum atomic E-state index is -1.02. The second kappa shape index (κ2) is 12.7. The molecule has 0 bridgehead atoms. The zero-order valence-electron chi connectivity index (χ0n) is 22.7. The summed E-state index contributed by atoms with van der Waals surface area (Å²) in [6.07, 6.45) is 2.26. The Hall–Kier alpha value is -4.28. The molecule has 0 aliphatic carbocycles. The number of hydrogen-bond acceptors (Lipinski definition) is 7. The van der Waals surface area contributed by atoms with Gasteiger partial charge in [-0.15, -0.1) is 0 Å². The van der Waals surface area contributed by atoms with Crippen LogP contribution in [0.2, 0.25) is 5.02 Å². The Morgan fingerprint density at radius 1 is 1.05 bits per heavy atom. The Balaban J connectivity index is 1.28. The number of carboxylic acid groups (broad SMARTS) is 1. The van der Waals surface area contributed by atoms with Gasteiger partial charge in [0.15, 0.2) is 11.5 Å². The van der Waals surface area contributed by atoms with Gasteiger partial charge in [0, 0.05) is 13.1 Å². The van der Waals surface area contributed by atoms with Crippen LogP contribution in [0, 0.1) is 0 Å². The minimum Gasteiger partial charge on any atom is -0.490 e. The Labute approximate surface area is 251 Å². The number of imide groups is 1. The predicted octanol–water partition coefficient (Wildman–Crippen LogP) is 5.64. The van der Waals surface area contributed by atoms with Crippen LogP contribution in [0.15, 0.2) is 65.6 Å². The van der Waals surface area contributed by atoms with Gasteiger partial charge >= 0.3 is 5.97 Å². The van der Waals surface area contributed by atoms with E-state index in [4.69, 9.17) is 26.2 Å². The largest absolute Gasteiger partial charge is 0.490 e. The highest BCUT2D eigenvalue weighted by Crippen LogP contribution is 2.39. The molecule has 1 fully saturated rings. The second-order valence-electron chi connectivity index (χ2n) is 9.66. The van der Waals surface area contributed by atoms with Gasteiger partial charge in [0.25, 0.3) is 11.1 Å². The molecular formula is C31H27ClN2O7S. The third-order valence-corrected chi connectivity index (χ3v) is 8.05. The summed E-state index contributed by atoms with van der Waals surface area (Å²) in [7, 11) is 0. The first-order valence-electron chi connectivity index (χ1n) is 13.2. The quantitative estimate of drug-likeness (QED) is 0.312. The molecule has 3 aromatic carbocycles. The van der Waals surface area contributed by atoms with Crippen LogP contribution in [0.5, 0.6) is 11.5 Å². The molecule has 1 saturated heterocycles. The van der Waals surface area contributed by atoms with Crippen molar-refractivity contribution in [2.45, 2.75) is 26.5 Å². The average Bonchev–Trinajstić information content (AvgIpc) is 3.24. The van der Waals surface area contributed by atoms with Crippen molar-refractivity contribution in [3.8, 4) is 11.5 Å². The summed E-state index contributed by atoms with van der Waals surface area (Å²) in [5, 5.41) is 8.80. The maximum Gasteiger partial charge on any atom is 0.335 e. The monoisotopic (exact) mass is 606 g/mol. The number of halogens is 1. The summed E-state index contributed by atoms with van der Waals surface area (Å²) in [5.74, 6) is -1.21. The summed E-state index contributed by atoms with van der Waals surface area (Å²) in [4.78, 5) is 52.8. The molecule has 3 aromatic rings. The Kier molecular flexibility index (Phi) is 8.84. The number of carboxylic acids is 1. The Bertz CT molecular complexity index is 1590. The summed E-state index contributed by atoms with van der Waals surface area (Å²) < 4.78 is 11.6. The molecule has 42 heavy (non-hydrogen) atoms. The van der Waals surface area contributed by atoms with Gasteiger partial charge in [0.05, 0.1) is 22.1 Å². The molecule has 216 valence electrons. The molecule has 0 saturated carbocycles. The number of carbonyl (C=O) groups excluding carboxylic acids is 3. The standard InChI is InChI=1S/C31H27ClN2O7S/c1-2-40-25-14-20(13-24(32)28(25)41-18-19-7-9-22(10-8-19)30(37)38)15-26-29(36)34(31(39)42-26)17-27(35)33-12-11-21-5-3-4-6-23(21)16-33/h3-10,13-15H,2,11-12,16-18H2,1H3,(H,37,38)/b26-15-. The zero-order chi connectivity index (χ0) is 29.8. The number of nitrogens with zero attached hydrogens (tertiary/aromatic N) is 2. The molecule has 5 rings (SSSR count). The normalized spacial score (nSPS) is 15.6. The van der Waals surface area contributed by atoms with Crippen molar-refractivity contribution in [2.75, 3.05) is 19.7 Å². The fourth-order valence-corrected chi connectivity index (χ4v) is 5.82. The summed E-state index contributed by atoms with van der Waals surface area (Å²) >= 11 is 7.31. The Morgan fingerprint density at radius 2 is 1.79 bits per heavy atom. The molecule has 0 spiro atoms. The van der Waals surface area contributed by atoms with Crippen LogP contribution < -0.4 is 9.47 Å². The van der Waals surface area contributed by atoms with E-state index in [9.17, 15) is 19.2 Å². The highest BCUT2D eigenvalue weighted by Gasteiger charge is 2.37. The van der Waals surface area contributed by atoms with Crippen molar-refractivity contribution < 1.29 is 33.8 Å². The van der Waals surface area contributed by atoms with Gasteiger partial charge in [-0.25, -0.2) is 4.79 Å². The van der Waals surface area contributed by atoms with E-state index >= 15 is 0 Å². The topological polar surface area (TPSA) is 113 Å². The second-order valence-corrected chi connectivity index (χ2v) is 11.1. The third-order valence-electron chi connectivity index (χ3n) is 6.86. The van der Waals surface area contributed by atoms with Crippen molar-refractivity contribution in [3.05, 3.63) is 98.4 Å². The highest BCUT2D eigenvalue weighted by molar-refractivity contribution is 8.18. The van der Waals surface area contributed by atoms with Crippen LogP contribution in [0.3, 0.4) is 0 Å². The molecule has 0 atom stereocenters. The van der Waals surface area contributed by atoms with E-state index < -0.39 is 17.1 Å². The predicted molar refractivity (Wildman–Crippen MR) is 159 cm³/mol. The van der Waals surface area contributed by atoms with Gasteiger partial charge < -0.3 is 19.5 Å².